The number of nitrogens with one attached hydrogen (secondary N) is 1. The Bertz CT molecular complexity index is 1070. The lowest BCUT2D eigenvalue weighted by atomic mass is 9.98. The maximum Gasteiger partial charge on any atom is 0.251 e. The summed E-state index contributed by atoms with van der Waals surface area (Å²) in [7, 11) is 3.70. The minimum atomic E-state index is -0.525. The van der Waals surface area contributed by atoms with E-state index in [2.05, 4.69) is 68.8 Å². The quantitative estimate of drug-likeness (QED) is 0.232. The van der Waals surface area contributed by atoms with Gasteiger partial charge in [-0.15, -0.1) is 0 Å². The Balaban J connectivity index is 0.000000915. The van der Waals surface area contributed by atoms with Crippen LogP contribution < -0.4 is 10.1 Å². The number of carbonyl (C=O) groups excluding carboxylic acids is 1. The van der Waals surface area contributed by atoms with Gasteiger partial charge in [-0.2, -0.15) is 0 Å². The molecule has 0 radical (unpaired) electrons. The van der Waals surface area contributed by atoms with Crippen LogP contribution in [0.25, 0.3) is 0 Å². The van der Waals surface area contributed by atoms with Crippen molar-refractivity contribution in [2.24, 2.45) is 0 Å². The SMILES string of the molecule is CCCC(CC)N(Cc1ccc(OC)c(C)c1C)C(C)CCNC(=O)c1ccc(F)c(Cl)c1.CCN(C)CC(C)O. The largest absolute Gasteiger partial charge is 0.496 e. The molecule has 0 spiro atoms. The van der Waals surface area contributed by atoms with Gasteiger partial charge in [-0.25, -0.2) is 4.39 Å². The molecule has 0 saturated heterocycles. The summed E-state index contributed by atoms with van der Waals surface area (Å²) >= 11 is 5.81. The summed E-state index contributed by atoms with van der Waals surface area (Å²) in [6, 6.07) is 9.01. The van der Waals surface area contributed by atoms with Gasteiger partial charge in [0.25, 0.3) is 5.91 Å². The van der Waals surface area contributed by atoms with E-state index in [1.54, 1.807) is 14.0 Å². The Morgan fingerprint density at radius 3 is 2.29 bits per heavy atom. The lowest BCUT2D eigenvalue weighted by Crippen LogP contribution is -2.42. The average molecular weight is 594 g/mol. The van der Waals surface area contributed by atoms with Crippen molar-refractivity contribution in [2.45, 2.75) is 98.9 Å². The van der Waals surface area contributed by atoms with E-state index in [0.717, 1.165) is 51.1 Å². The predicted octanol–water partition coefficient (Wildman–Crippen LogP) is 7.01. The van der Waals surface area contributed by atoms with Crippen molar-refractivity contribution in [1.29, 1.82) is 0 Å². The Labute approximate surface area is 253 Å². The van der Waals surface area contributed by atoms with Gasteiger partial charge in [0.2, 0.25) is 0 Å². The third-order valence-electron chi connectivity index (χ3n) is 7.70. The van der Waals surface area contributed by atoms with E-state index in [0.29, 0.717) is 18.2 Å². The van der Waals surface area contributed by atoms with Gasteiger partial charge in [-0.1, -0.05) is 44.9 Å². The molecule has 8 heteroatoms. The molecular formula is C33H53ClFN3O3. The lowest BCUT2D eigenvalue weighted by Gasteiger charge is -2.37. The van der Waals surface area contributed by atoms with Gasteiger partial charge in [0, 0.05) is 37.3 Å². The second-order valence-corrected chi connectivity index (χ2v) is 11.3. The van der Waals surface area contributed by atoms with Crippen LogP contribution in [0.5, 0.6) is 5.75 Å². The van der Waals surface area contributed by atoms with E-state index in [4.69, 9.17) is 21.4 Å². The van der Waals surface area contributed by atoms with Crippen LogP contribution in [0.15, 0.2) is 30.3 Å². The van der Waals surface area contributed by atoms with E-state index in [1.165, 1.54) is 34.9 Å². The summed E-state index contributed by atoms with van der Waals surface area (Å²) in [5, 5.41) is 11.7. The number of methoxy groups -OCH3 is 1. The molecule has 2 rings (SSSR count). The number of rotatable bonds is 15. The zero-order chi connectivity index (χ0) is 31.1. The summed E-state index contributed by atoms with van der Waals surface area (Å²) in [4.78, 5) is 17.1. The maximum absolute atomic E-state index is 13.4. The predicted molar refractivity (Wildman–Crippen MR) is 170 cm³/mol. The highest BCUT2D eigenvalue weighted by atomic mass is 35.5. The van der Waals surface area contributed by atoms with Gasteiger partial charge in [-0.3, -0.25) is 9.69 Å². The number of amides is 1. The highest BCUT2D eigenvalue weighted by Crippen LogP contribution is 2.27. The number of benzene rings is 2. The van der Waals surface area contributed by atoms with Gasteiger partial charge >= 0.3 is 0 Å². The van der Waals surface area contributed by atoms with E-state index in [1.807, 2.05) is 7.05 Å². The smallest absolute Gasteiger partial charge is 0.251 e. The molecule has 0 saturated carbocycles. The zero-order valence-electron chi connectivity index (χ0n) is 26.7. The summed E-state index contributed by atoms with van der Waals surface area (Å²) in [5.74, 6) is 0.154. The van der Waals surface area contributed by atoms with Crippen LogP contribution in [-0.2, 0) is 6.54 Å². The van der Waals surface area contributed by atoms with Crippen molar-refractivity contribution in [2.75, 3.05) is 33.8 Å². The number of nitrogens with zero attached hydrogens (tertiary/aromatic N) is 2. The standard InChI is InChI=1S/C27H38ClFN2O2.C6H15NO/c1-7-9-23(8-2)31(17-22-11-13-26(33-6)20(5)19(22)4)18(3)14-15-30-27(32)21-10-12-25(29)24(28)16-21;1-4-7(3)5-6(2)8/h10-13,16,18,23H,7-9,14-15,17H2,1-6H3,(H,30,32);6,8H,4-5H2,1-3H3. The molecule has 0 fully saturated rings. The molecule has 2 aromatic carbocycles. The number of halogens is 2. The van der Waals surface area contributed by atoms with Crippen molar-refractivity contribution in [3.8, 4) is 5.75 Å². The molecule has 0 aliphatic heterocycles. The topological polar surface area (TPSA) is 65.0 Å². The highest BCUT2D eigenvalue weighted by Gasteiger charge is 2.23. The van der Waals surface area contributed by atoms with Crippen LogP contribution in [0.2, 0.25) is 5.02 Å². The van der Waals surface area contributed by atoms with Crippen molar-refractivity contribution in [3.05, 3.63) is 63.4 Å². The van der Waals surface area contributed by atoms with Crippen molar-refractivity contribution < 1.29 is 19.0 Å². The first kappa shape index (κ1) is 36.8. The van der Waals surface area contributed by atoms with Crippen LogP contribution in [0.4, 0.5) is 4.39 Å². The Morgan fingerprint density at radius 2 is 1.78 bits per heavy atom. The molecule has 0 aromatic heterocycles. The van der Waals surface area contributed by atoms with E-state index in [9.17, 15) is 9.18 Å². The first-order valence-electron chi connectivity index (χ1n) is 14.9. The van der Waals surface area contributed by atoms with E-state index < -0.39 is 5.82 Å². The molecule has 232 valence electrons. The molecule has 2 aromatic rings. The fourth-order valence-corrected chi connectivity index (χ4v) is 5.08. The van der Waals surface area contributed by atoms with Gasteiger partial charge in [0.05, 0.1) is 18.2 Å². The monoisotopic (exact) mass is 593 g/mol. The molecule has 3 unspecified atom stereocenters. The first-order valence-corrected chi connectivity index (χ1v) is 15.3. The normalized spacial score (nSPS) is 13.4. The molecule has 3 atom stereocenters. The summed E-state index contributed by atoms with van der Waals surface area (Å²) in [6.45, 7) is 18.0. The van der Waals surface area contributed by atoms with E-state index in [-0.39, 0.29) is 23.1 Å². The fourth-order valence-electron chi connectivity index (χ4n) is 4.90. The molecular weight excluding hydrogens is 541 g/mol. The number of aliphatic hydroxyl groups excluding tert-OH is 1. The van der Waals surface area contributed by atoms with Crippen LogP contribution >= 0.6 is 11.6 Å². The van der Waals surface area contributed by atoms with Gasteiger partial charge < -0.3 is 20.1 Å². The first-order chi connectivity index (χ1) is 19.4. The lowest BCUT2D eigenvalue weighted by molar-refractivity contribution is 0.0931. The highest BCUT2D eigenvalue weighted by molar-refractivity contribution is 6.31. The Kier molecular flexibility index (Phi) is 17.1. The summed E-state index contributed by atoms with van der Waals surface area (Å²) in [5.41, 5.74) is 4.11. The van der Waals surface area contributed by atoms with Gasteiger partial charge in [-0.05, 0) is 102 Å². The van der Waals surface area contributed by atoms with E-state index >= 15 is 0 Å². The summed E-state index contributed by atoms with van der Waals surface area (Å²) < 4.78 is 18.9. The summed E-state index contributed by atoms with van der Waals surface area (Å²) in [6.07, 6.45) is 3.96. The minimum Gasteiger partial charge on any atom is -0.496 e. The number of likely N-dealkylation sites (N-methyl/N-ethyl adjacent to an activating group) is 1. The Hall–Kier alpha value is -2.19. The van der Waals surface area contributed by atoms with Crippen LogP contribution in [0, 0.1) is 19.7 Å². The van der Waals surface area contributed by atoms with Crippen LogP contribution in [0.3, 0.4) is 0 Å². The van der Waals surface area contributed by atoms with Gasteiger partial charge in [0.1, 0.15) is 11.6 Å². The molecule has 1 amide bonds. The second-order valence-electron chi connectivity index (χ2n) is 10.9. The van der Waals surface area contributed by atoms with Crippen LogP contribution in [-0.4, -0.2) is 72.8 Å². The third kappa shape index (κ3) is 12.3. The maximum atomic E-state index is 13.4. The van der Waals surface area contributed by atoms with Crippen LogP contribution in [0.1, 0.15) is 87.4 Å². The average Bonchev–Trinajstić information content (AvgIpc) is 2.94. The Morgan fingerprint density at radius 1 is 1.10 bits per heavy atom. The second kappa shape index (κ2) is 19.1. The minimum absolute atomic E-state index is 0.0438. The number of ether oxygens (including phenoxy) is 1. The van der Waals surface area contributed by atoms with Crippen molar-refractivity contribution in [3.63, 3.8) is 0 Å². The number of carbonyl (C=O) groups is 1. The molecule has 2 N–H and O–H groups in total. The van der Waals surface area contributed by atoms with Gasteiger partial charge in [0.15, 0.2) is 0 Å². The molecule has 6 nitrogen and oxygen atoms in total. The number of aliphatic hydroxyl groups is 1. The molecule has 41 heavy (non-hydrogen) atoms. The zero-order valence-corrected chi connectivity index (χ0v) is 27.4. The fraction of sp³-hybridized carbons (Fsp3) is 0.606. The molecule has 0 aliphatic rings. The molecule has 0 bridgehead atoms. The third-order valence-corrected chi connectivity index (χ3v) is 7.99. The molecule has 0 heterocycles. The van der Waals surface area contributed by atoms with Crippen molar-refractivity contribution >= 4 is 17.5 Å². The number of hydrogen-bond acceptors (Lipinski definition) is 5. The number of hydrogen-bond donors (Lipinski definition) is 2. The van der Waals surface area contributed by atoms with Crippen molar-refractivity contribution in [1.82, 2.24) is 15.1 Å². The molecule has 0 aliphatic carbocycles.